The summed E-state index contributed by atoms with van der Waals surface area (Å²) in [7, 11) is 0. The van der Waals surface area contributed by atoms with Gasteiger partial charge in [0.1, 0.15) is 18.1 Å². The Morgan fingerprint density at radius 2 is 1.68 bits per heavy atom. The Morgan fingerprint density at radius 3 is 2.23 bits per heavy atom. The first-order valence-corrected chi connectivity index (χ1v) is 10.7. The lowest BCUT2D eigenvalue weighted by Gasteiger charge is -2.30. The third-order valence-electron chi connectivity index (χ3n) is 5.53. The van der Waals surface area contributed by atoms with Gasteiger partial charge in [0.2, 0.25) is 17.7 Å². The minimum Gasteiger partial charge on any atom is -0.481 e. The SMILES string of the molecule is CC(C)C[C@H](NC(=O)[C@@H]1CCCN1)C(=O)N1CCC[C@H]1C(=O)N[C@@H](CC(=O)O)C(=O)O. The molecule has 0 aromatic rings. The number of hydrogen-bond acceptors (Lipinski definition) is 6. The van der Waals surface area contributed by atoms with Crippen LogP contribution in [0.1, 0.15) is 52.4 Å². The normalized spacial score (nSPS) is 22.7. The molecule has 11 heteroatoms. The first-order chi connectivity index (χ1) is 14.6. The highest BCUT2D eigenvalue weighted by atomic mass is 16.4. The fourth-order valence-corrected chi connectivity index (χ4v) is 4.02. The summed E-state index contributed by atoms with van der Waals surface area (Å²) in [5.41, 5.74) is 0. The van der Waals surface area contributed by atoms with E-state index < -0.39 is 42.4 Å². The highest BCUT2D eigenvalue weighted by Crippen LogP contribution is 2.21. The number of carbonyl (C=O) groups excluding carboxylic acids is 3. The van der Waals surface area contributed by atoms with E-state index in [9.17, 15) is 24.0 Å². The van der Waals surface area contributed by atoms with E-state index in [1.165, 1.54) is 4.90 Å². The second-order valence-electron chi connectivity index (χ2n) is 8.53. The maximum atomic E-state index is 13.2. The van der Waals surface area contributed by atoms with Crippen molar-refractivity contribution in [1.82, 2.24) is 20.9 Å². The van der Waals surface area contributed by atoms with Gasteiger partial charge in [-0.1, -0.05) is 13.8 Å². The van der Waals surface area contributed by atoms with Crippen LogP contribution in [0.3, 0.4) is 0 Å². The Balaban J connectivity index is 2.09. The maximum absolute atomic E-state index is 13.2. The number of likely N-dealkylation sites (tertiary alicyclic amines) is 1. The van der Waals surface area contributed by atoms with Gasteiger partial charge in [-0.3, -0.25) is 19.2 Å². The number of hydrogen-bond donors (Lipinski definition) is 5. The van der Waals surface area contributed by atoms with E-state index in [1.54, 1.807) is 0 Å². The molecule has 0 unspecified atom stereocenters. The van der Waals surface area contributed by atoms with Gasteiger partial charge < -0.3 is 31.1 Å². The second kappa shape index (κ2) is 11.1. The van der Waals surface area contributed by atoms with Gasteiger partial charge in [-0.05, 0) is 44.6 Å². The minimum atomic E-state index is -1.58. The van der Waals surface area contributed by atoms with E-state index in [1.807, 2.05) is 13.8 Å². The number of carboxylic acid groups (broad SMARTS) is 2. The molecule has 5 N–H and O–H groups in total. The zero-order valence-corrected chi connectivity index (χ0v) is 17.9. The quantitative estimate of drug-likeness (QED) is 0.298. The molecule has 0 aliphatic carbocycles. The summed E-state index contributed by atoms with van der Waals surface area (Å²) < 4.78 is 0. The molecule has 0 bridgehead atoms. The summed E-state index contributed by atoms with van der Waals surface area (Å²) in [6, 6.07) is -3.62. The zero-order chi connectivity index (χ0) is 23.1. The van der Waals surface area contributed by atoms with Crippen molar-refractivity contribution in [2.24, 2.45) is 5.92 Å². The summed E-state index contributed by atoms with van der Waals surface area (Å²) in [5, 5.41) is 26.2. The van der Waals surface area contributed by atoms with Crippen LogP contribution in [0.15, 0.2) is 0 Å². The number of amides is 3. The largest absolute Gasteiger partial charge is 0.481 e. The molecule has 0 radical (unpaired) electrons. The fourth-order valence-electron chi connectivity index (χ4n) is 4.02. The molecule has 4 atom stereocenters. The van der Waals surface area contributed by atoms with E-state index in [4.69, 9.17) is 10.2 Å². The van der Waals surface area contributed by atoms with Crippen molar-refractivity contribution in [3.05, 3.63) is 0 Å². The molecular weight excluding hydrogens is 408 g/mol. The van der Waals surface area contributed by atoms with Gasteiger partial charge >= 0.3 is 11.9 Å². The molecule has 2 fully saturated rings. The molecule has 174 valence electrons. The van der Waals surface area contributed by atoms with Gasteiger partial charge in [0.15, 0.2) is 0 Å². The zero-order valence-electron chi connectivity index (χ0n) is 17.9. The first-order valence-electron chi connectivity index (χ1n) is 10.7. The van der Waals surface area contributed by atoms with E-state index in [0.717, 1.165) is 13.0 Å². The van der Waals surface area contributed by atoms with Crippen molar-refractivity contribution in [3.63, 3.8) is 0 Å². The standard InChI is InChI=1S/C20H32N4O7/c1-11(2)9-13(22-17(27)12-5-3-7-21-12)19(29)24-8-4-6-15(24)18(28)23-14(20(30)31)10-16(25)26/h11-15,21H,3-10H2,1-2H3,(H,22,27)(H,23,28)(H,25,26)(H,30,31)/t12-,13-,14-,15-/m0/s1. The average Bonchev–Trinajstić information content (AvgIpc) is 3.37. The Kier molecular flexibility index (Phi) is 8.78. The summed E-state index contributed by atoms with van der Waals surface area (Å²) in [4.78, 5) is 62.0. The fraction of sp³-hybridized carbons (Fsp3) is 0.750. The Hall–Kier alpha value is -2.69. The average molecular weight is 440 g/mol. The molecule has 11 nitrogen and oxygen atoms in total. The van der Waals surface area contributed by atoms with Crippen LogP contribution >= 0.6 is 0 Å². The van der Waals surface area contributed by atoms with E-state index in [0.29, 0.717) is 32.2 Å². The molecule has 2 saturated heterocycles. The Bertz CT molecular complexity index is 706. The minimum absolute atomic E-state index is 0.118. The number of carboxylic acids is 2. The third kappa shape index (κ3) is 6.91. The molecule has 31 heavy (non-hydrogen) atoms. The summed E-state index contributed by atoms with van der Waals surface area (Å²) in [6.45, 7) is 4.91. The smallest absolute Gasteiger partial charge is 0.326 e. The summed E-state index contributed by atoms with van der Waals surface area (Å²) in [6.07, 6.45) is 2.11. The van der Waals surface area contributed by atoms with Gasteiger partial charge in [-0.15, -0.1) is 0 Å². The molecule has 2 rings (SSSR count). The molecular formula is C20H32N4O7. The topological polar surface area (TPSA) is 165 Å². The monoisotopic (exact) mass is 440 g/mol. The van der Waals surface area contributed by atoms with Crippen molar-refractivity contribution < 1.29 is 34.2 Å². The van der Waals surface area contributed by atoms with Gasteiger partial charge in [0, 0.05) is 6.54 Å². The van der Waals surface area contributed by atoms with E-state index >= 15 is 0 Å². The molecule has 3 amide bonds. The van der Waals surface area contributed by atoms with E-state index in [2.05, 4.69) is 16.0 Å². The van der Waals surface area contributed by atoms with Crippen molar-refractivity contribution in [3.8, 4) is 0 Å². The lowest BCUT2D eigenvalue weighted by atomic mass is 10.0. The molecule has 0 saturated carbocycles. The lowest BCUT2D eigenvalue weighted by Crippen LogP contribution is -2.57. The van der Waals surface area contributed by atoms with Gasteiger partial charge in [-0.2, -0.15) is 0 Å². The molecule has 0 aromatic carbocycles. The molecule has 2 aliphatic rings. The van der Waals surface area contributed by atoms with Crippen LogP contribution in [0.25, 0.3) is 0 Å². The highest BCUT2D eigenvalue weighted by molar-refractivity contribution is 5.95. The van der Waals surface area contributed by atoms with Crippen molar-refractivity contribution >= 4 is 29.7 Å². The van der Waals surface area contributed by atoms with Crippen LogP contribution in [0.2, 0.25) is 0 Å². The molecule has 2 heterocycles. The third-order valence-corrected chi connectivity index (χ3v) is 5.53. The van der Waals surface area contributed by atoms with Crippen LogP contribution in [0.5, 0.6) is 0 Å². The number of carbonyl (C=O) groups is 5. The van der Waals surface area contributed by atoms with Crippen LogP contribution < -0.4 is 16.0 Å². The Labute approximate surface area is 180 Å². The summed E-state index contributed by atoms with van der Waals surface area (Å²) in [5.74, 6) is -4.03. The first kappa shape index (κ1) is 24.6. The van der Waals surface area contributed by atoms with Gasteiger partial charge in [0.05, 0.1) is 12.5 Å². The predicted molar refractivity (Wildman–Crippen MR) is 109 cm³/mol. The van der Waals surface area contributed by atoms with Crippen molar-refractivity contribution in [1.29, 1.82) is 0 Å². The van der Waals surface area contributed by atoms with Crippen LogP contribution in [-0.2, 0) is 24.0 Å². The van der Waals surface area contributed by atoms with Crippen LogP contribution in [-0.4, -0.2) is 82.0 Å². The number of nitrogens with zero attached hydrogens (tertiary/aromatic N) is 1. The molecule has 2 aliphatic heterocycles. The highest BCUT2D eigenvalue weighted by Gasteiger charge is 2.39. The van der Waals surface area contributed by atoms with Crippen LogP contribution in [0, 0.1) is 5.92 Å². The summed E-state index contributed by atoms with van der Waals surface area (Å²) >= 11 is 0. The van der Waals surface area contributed by atoms with Crippen molar-refractivity contribution in [2.45, 2.75) is 76.5 Å². The lowest BCUT2D eigenvalue weighted by molar-refractivity contribution is -0.148. The number of rotatable bonds is 10. The van der Waals surface area contributed by atoms with Gasteiger partial charge in [0.25, 0.3) is 0 Å². The van der Waals surface area contributed by atoms with Crippen molar-refractivity contribution in [2.75, 3.05) is 13.1 Å². The van der Waals surface area contributed by atoms with Crippen LogP contribution in [0.4, 0.5) is 0 Å². The number of nitrogens with one attached hydrogen (secondary N) is 3. The number of aliphatic carboxylic acids is 2. The van der Waals surface area contributed by atoms with E-state index in [-0.39, 0.29) is 23.8 Å². The maximum Gasteiger partial charge on any atom is 0.326 e. The second-order valence-corrected chi connectivity index (χ2v) is 8.53. The van der Waals surface area contributed by atoms with Gasteiger partial charge in [-0.25, -0.2) is 4.79 Å². The predicted octanol–water partition coefficient (Wildman–Crippen LogP) is -0.696. The molecule has 0 aromatic heterocycles. The molecule has 0 spiro atoms. The Morgan fingerprint density at radius 1 is 1.00 bits per heavy atom.